The fourth-order valence-corrected chi connectivity index (χ4v) is 3.91. The first-order valence-corrected chi connectivity index (χ1v) is 10.7. The number of piperidine rings is 1. The Morgan fingerprint density at radius 3 is 2.41 bits per heavy atom. The van der Waals surface area contributed by atoms with Gasteiger partial charge in [-0.1, -0.05) is 35.6 Å². The molecule has 0 atom stereocenters. The minimum Gasteiger partial charge on any atom is -0.470 e. The van der Waals surface area contributed by atoms with E-state index in [0.717, 1.165) is 23.3 Å². The molecule has 1 aromatic heterocycles. The van der Waals surface area contributed by atoms with Crippen molar-refractivity contribution >= 4 is 23.2 Å². The van der Waals surface area contributed by atoms with Crippen molar-refractivity contribution in [1.29, 1.82) is 0 Å². The van der Waals surface area contributed by atoms with Crippen molar-refractivity contribution < 1.29 is 19.1 Å². The first-order valence-electron chi connectivity index (χ1n) is 9.89. The number of ketones is 1. The van der Waals surface area contributed by atoms with Crippen LogP contribution in [0.1, 0.15) is 50.9 Å². The van der Waals surface area contributed by atoms with Gasteiger partial charge in [-0.15, -0.1) is 0 Å². The summed E-state index contributed by atoms with van der Waals surface area (Å²) in [5.74, 6) is 0.457. The zero-order chi connectivity index (χ0) is 21.0. The second kappa shape index (κ2) is 8.95. The largest absolute Gasteiger partial charge is 0.470 e. The average Bonchev–Trinajstić information content (AvgIpc) is 3.14. The molecule has 7 heteroatoms. The Morgan fingerprint density at radius 1 is 1.17 bits per heavy atom. The van der Waals surface area contributed by atoms with E-state index in [1.54, 1.807) is 18.0 Å². The molecule has 0 spiro atoms. The van der Waals surface area contributed by atoms with Gasteiger partial charge in [0, 0.05) is 24.8 Å². The molecule has 1 saturated heterocycles. The number of ether oxygens (including phenoxy) is 2. The van der Waals surface area contributed by atoms with Crippen molar-refractivity contribution in [1.82, 2.24) is 9.88 Å². The predicted octanol–water partition coefficient (Wildman–Crippen LogP) is 5.04. The highest BCUT2D eigenvalue weighted by atomic mass is 32.1. The summed E-state index contributed by atoms with van der Waals surface area (Å²) >= 11 is 1.50. The number of amides is 1. The van der Waals surface area contributed by atoms with E-state index in [2.05, 4.69) is 4.98 Å². The molecule has 156 valence electrons. The number of nitrogens with zero attached hydrogens (tertiary/aromatic N) is 2. The van der Waals surface area contributed by atoms with Crippen LogP contribution in [0.4, 0.5) is 4.79 Å². The fourth-order valence-electron chi connectivity index (χ4n) is 3.13. The van der Waals surface area contributed by atoms with Gasteiger partial charge in [-0.05, 0) is 52.0 Å². The van der Waals surface area contributed by atoms with Crippen molar-refractivity contribution in [2.24, 2.45) is 5.92 Å². The van der Waals surface area contributed by atoms with E-state index in [-0.39, 0.29) is 11.9 Å². The lowest BCUT2D eigenvalue weighted by Gasteiger charge is -2.33. The van der Waals surface area contributed by atoms with Gasteiger partial charge in [-0.3, -0.25) is 4.79 Å². The Labute approximate surface area is 175 Å². The monoisotopic (exact) mass is 416 g/mol. The zero-order valence-corrected chi connectivity index (χ0v) is 18.3. The molecule has 1 fully saturated rings. The quantitative estimate of drug-likeness (QED) is 0.639. The smallest absolute Gasteiger partial charge is 0.410 e. The van der Waals surface area contributed by atoms with Crippen LogP contribution in [0.15, 0.2) is 30.5 Å². The zero-order valence-electron chi connectivity index (χ0n) is 17.4. The average molecular weight is 417 g/mol. The van der Waals surface area contributed by atoms with E-state index in [1.807, 2.05) is 45.0 Å². The van der Waals surface area contributed by atoms with Gasteiger partial charge in [-0.25, -0.2) is 9.78 Å². The maximum Gasteiger partial charge on any atom is 0.410 e. The van der Waals surface area contributed by atoms with Crippen LogP contribution in [0, 0.1) is 5.92 Å². The summed E-state index contributed by atoms with van der Waals surface area (Å²) in [6.45, 7) is 9.18. The molecule has 1 aromatic carbocycles. The third kappa shape index (κ3) is 6.03. The molecule has 1 amide bonds. The number of rotatable bonds is 5. The van der Waals surface area contributed by atoms with Gasteiger partial charge in [0.2, 0.25) is 0 Å². The third-order valence-electron chi connectivity index (χ3n) is 4.77. The molecule has 0 bridgehead atoms. The molecule has 29 heavy (non-hydrogen) atoms. The lowest BCUT2D eigenvalue weighted by Crippen LogP contribution is -2.42. The Balaban J connectivity index is 1.47. The first-order chi connectivity index (χ1) is 13.7. The fraction of sp³-hybridized carbons (Fsp3) is 0.500. The van der Waals surface area contributed by atoms with Gasteiger partial charge >= 0.3 is 6.09 Å². The van der Waals surface area contributed by atoms with E-state index in [4.69, 9.17) is 9.47 Å². The predicted molar refractivity (Wildman–Crippen MR) is 114 cm³/mol. The summed E-state index contributed by atoms with van der Waals surface area (Å²) in [4.78, 5) is 30.7. The molecule has 2 heterocycles. The van der Waals surface area contributed by atoms with Crippen LogP contribution in [-0.4, -0.2) is 47.1 Å². The molecule has 1 aliphatic heterocycles. The van der Waals surface area contributed by atoms with E-state index in [0.29, 0.717) is 36.4 Å². The Hall–Kier alpha value is -2.41. The van der Waals surface area contributed by atoms with E-state index >= 15 is 0 Å². The van der Waals surface area contributed by atoms with Gasteiger partial charge in [0.05, 0.1) is 11.5 Å². The number of hydrogen-bond donors (Lipinski definition) is 0. The molecule has 6 nitrogen and oxygen atoms in total. The summed E-state index contributed by atoms with van der Waals surface area (Å²) < 4.78 is 11.3. The lowest BCUT2D eigenvalue weighted by molar-refractivity contribution is 0.0165. The van der Waals surface area contributed by atoms with E-state index in [1.165, 1.54) is 11.3 Å². The number of aromatic nitrogens is 1. The standard InChI is InChI=1S/C22H28N2O4S/c1-15(25)17-5-7-18(8-6-17)19-13-23-20(29-19)27-14-16-9-11-24(12-10-16)21(26)28-22(2,3)4/h5-8,13,16H,9-12,14H2,1-4H3. The van der Waals surface area contributed by atoms with Crippen molar-refractivity contribution in [2.45, 2.75) is 46.1 Å². The number of carbonyl (C=O) groups is 2. The lowest BCUT2D eigenvalue weighted by atomic mass is 9.98. The topological polar surface area (TPSA) is 68.7 Å². The summed E-state index contributed by atoms with van der Waals surface area (Å²) in [6.07, 6.45) is 3.35. The number of hydrogen-bond acceptors (Lipinski definition) is 6. The molecule has 3 rings (SSSR count). The van der Waals surface area contributed by atoms with E-state index in [9.17, 15) is 9.59 Å². The molecule has 2 aromatic rings. The Bertz CT molecular complexity index is 846. The molecular formula is C22H28N2O4S. The van der Waals surface area contributed by atoms with Crippen LogP contribution in [0.2, 0.25) is 0 Å². The van der Waals surface area contributed by atoms with Crippen LogP contribution in [0.25, 0.3) is 10.4 Å². The van der Waals surface area contributed by atoms with Gasteiger partial charge in [0.25, 0.3) is 5.19 Å². The minimum atomic E-state index is -0.466. The molecular weight excluding hydrogens is 388 g/mol. The normalized spacial score (nSPS) is 15.2. The van der Waals surface area contributed by atoms with Crippen molar-refractivity contribution in [2.75, 3.05) is 19.7 Å². The van der Waals surface area contributed by atoms with Crippen LogP contribution < -0.4 is 4.74 Å². The first kappa shape index (κ1) is 21.3. The van der Waals surface area contributed by atoms with Gasteiger partial charge in [0.1, 0.15) is 5.60 Å². The molecule has 0 saturated carbocycles. The van der Waals surface area contributed by atoms with Crippen molar-refractivity contribution in [3.63, 3.8) is 0 Å². The number of thiazole rings is 1. The number of carbonyl (C=O) groups excluding carboxylic acids is 2. The van der Waals surface area contributed by atoms with Crippen molar-refractivity contribution in [3.8, 4) is 15.6 Å². The number of likely N-dealkylation sites (tertiary alicyclic amines) is 1. The minimum absolute atomic E-state index is 0.0580. The van der Waals surface area contributed by atoms with Gasteiger partial charge in [0.15, 0.2) is 5.78 Å². The maximum atomic E-state index is 12.1. The maximum absolute atomic E-state index is 12.1. The summed E-state index contributed by atoms with van der Waals surface area (Å²) in [6, 6.07) is 7.52. The molecule has 0 unspecified atom stereocenters. The second-order valence-corrected chi connectivity index (χ2v) is 9.34. The van der Waals surface area contributed by atoms with E-state index < -0.39 is 5.60 Å². The van der Waals surface area contributed by atoms with Gasteiger partial charge < -0.3 is 14.4 Å². The molecule has 0 aliphatic carbocycles. The highest BCUT2D eigenvalue weighted by Gasteiger charge is 2.27. The van der Waals surface area contributed by atoms with Crippen LogP contribution in [0.3, 0.4) is 0 Å². The summed E-state index contributed by atoms with van der Waals surface area (Å²) in [7, 11) is 0. The molecule has 0 radical (unpaired) electrons. The summed E-state index contributed by atoms with van der Waals surface area (Å²) in [5, 5.41) is 0.644. The molecule has 0 N–H and O–H groups in total. The summed E-state index contributed by atoms with van der Waals surface area (Å²) in [5.41, 5.74) is 1.26. The second-order valence-electron chi connectivity index (χ2n) is 8.35. The third-order valence-corrected chi connectivity index (χ3v) is 5.73. The number of Topliss-reactive ketones (excluding diaryl/α,β-unsaturated/α-hetero) is 1. The Morgan fingerprint density at radius 2 is 1.83 bits per heavy atom. The Kier molecular flexibility index (Phi) is 6.57. The van der Waals surface area contributed by atoms with Crippen LogP contribution in [-0.2, 0) is 4.74 Å². The molecule has 1 aliphatic rings. The SMILES string of the molecule is CC(=O)c1ccc(-c2cnc(OCC3CCN(C(=O)OC(C)(C)C)CC3)s2)cc1. The number of benzene rings is 1. The van der Waals surface area contributed by atoms with Crippen LogP contribution in [0.5, 0.6) is 5.19 Å². The van der Waals surface area contributed by atoms with Gasteiger partial charge in [-0.2, -0.15) is 0 Å². The van der Waals surface area contributed by atoms with Crippen LogP contribution >= 0.6 is 11.3 Å². The highest BCUT2D eigenvalue weighted by Crippen LogP contribution is 2.31. The van der Waals surface area contributed by atoms with Crippen molar-refractivity contribution in [3.05, 3.63) is 36.0 Å². The highest BCUT2D eigenvalue weighted by molar-refractivity contribution is 7.16.